The molecule has 0 saturated heterocycles. The lowest BCUT2D eigenvalue weighted by Gasteiger charge is -2.12. The van der Waals surface area contributed by atoms with E-state index in [0.717, 1.165) is 11.6 Å². The largest absolute Gasteiger partial charge is 0.375 e. The molecule has 0 spiro atoms. The van der Waals surface area contributed by atoms with Gasteiger partial charge in [-0.2, -0.15) is 0 Å². The second-order valence-corrected chi connectivity index (χ2v) is 4.84. The molecule has 16 heavy (non-hydrogen) atoms. The first kappa shape index (κ1) is 9.70. The van der Waals surface area contributed by atoms with Crippen LogP contribution in [-0.4, -0.2) is 23.5 Å². The Bertz CT molecular complexity index is 535. The van der Waals surface area contributed by atoms with Crippen molar-refractivity contribution in [1.82, 2.24) is 9.38 Å². The number of imidazole rings is 1. The number of nitrogens with zero attached hydrogens (tertiary/aromatic N) is 3. The summed E-state index contributed by atoms with van der Waals surface area (Å²) in [7, 11) is 4.13. The predicted molar refractivity (Wildman–Crippen MR) is 66.2 cm³/mol. The molecule has 0 unspecified atom stereocenters. The summed E-state index contributed by atoms with van der Waals surface area (Å²) in [6, 6.07) is 4.21. The number of hydrogen-bond acceptors (Lipinski definition) is 2. The molecule has 0 atom stereocenters. The summed E-state index contributed by atoms with van der Waals surface area (Å²) in [5.74, 6) is 0.718. The topological polar surface area (TPSA) is 20.5 Å². The van der Waals surface area contributed by atoms with Crippen molar-refractivity contribution in [3.63, 3.8) is 0 Å². The van der Waals surface area contributed by atoms with Crippen molar-refractivity contribution in [1.29, 1.82) is 0 Å². The van der Waals surface area contributed by atoms with E-state index in [2.05, 4.69) is 48.6 Å². The highest BCUT2D eigenvalue weighted by molar-refractivity contribution is 5.69. The van der Waals surface area contributed by atoms with Crippen molar-refractivity contribution in [2.24, 2.45) is 0 Å². The second kappa shape index (κ2) is 3.24. The Labute approximate surface area is 95.7 Å². The standard InChI is InChI=1S/C13H17N3/c1-9-12(10-6-7-10)14-13-11(15(2)3)5-4-8-16(9)13/h4-5,8,10H,6-7H2,1-3H3. The van der Waals surface area contributed by atoms with Crippen molar-refractivity contribution in [3.05, 3.63) is 29.7 Å². The zero-order valence-electron chi connectivity index (χ0n) is 10.1. The molecule has 2 heterocycles. The van der Waals surface area contributed by atoms with E-state index in [0.29, 0.717) is 0 Å². The minimum atomic E-state index is 0.718. The minimum absolute atomic E-state index is 0.718. The first-order valence-electron chi connectivity index (χ1n) is 5.83. The molecular weight excluding hydrogens is 198 g/mol. The maximum atomic E-state index is 4.82. The number of hydrogen-bond donors (Lipinski definition) is 0. The first-order chi connectivity index (χ1) is 7.68. The van der Waals surface area contributed by atoms with Crippen molar-refractivity contribution in [2.45, 2.75) is 25.7 Å². The Morgan fingerprint density at radius 3 is 2.75 bits per heavy atom. The highest BCUT2D eigenvalue weighted by Gasteiger charge is 2.29. The molecule has 0 radical (unpaired) electrons. The number of aryl methyl sites for hydroxylation is 1. The summed E-state index contributed by atoms with van der Waals surface area (Å²) >= 11 is 0. The fourth-order valence-electron chi connectivity index (χ4n) is 2.28. The van der Waals surface area contributed by atoms with Gasteiger partial charge in [0, 0.05) is 31.9 Å². The third-order valence-electron chi connectivity index (χ3n) is 3.35. The molecule has 3 heteroatoms. The lowest BCUT2D eigenvalue weighted by molar-refractivity contribution is 1.01. The molecule has 3 rings (SSSR count). The van der Waals surface area contributed by atoms with Crippen LogP contribution >= 0.6 is 0 Å². The Morgan fingerprint density at radius 2 is 2.12 bits per heavy atom. The van der Waals surface area contributed by atoms with Crippen LogP contribution in [-0.2, 0) is 0 Å². The third-order valence-corrected chi connectivity index (χ3v) is 3.35. The van der Waals surface area contributed by atoms with E-state index in [1.807, 2.05) is 0 Å². The van der Waals surface area contributed by atoms with Crippen LogP contribution in [0, 0.1) is 6.92 Å². The van der Waals surface area contributed by atoms with E-state index in [9.17, 15) is 0 Å². The quantitative estimate of drug-likeness (QED) is 0.767. The summed E-state index contributed by atoms with van der Waals surface area (Å²) in [5.41, 5.74) is 4.89. The van der Waals surface area contributed by atoms with Gasteiger partial charge in [-0.1, -0.05) is 0 Å². The van der Waals surface area contributed by atoms with E-state index in [1.54, 1.807) is 0 Å². The van der Waals surface area contributed by atoms with Gasteiger partial charge in [0.15, 0.2) is 5.65 Å². The fourth-order valence-corrected chi connectivity index (χ4v) is 2.28. The van der Waals surface area contributed by atoms with E-state index >= 15 is 0 Å². The SMILES string of the molecule is Cc1c(C2CC2)nc2c(N(C)C)cccn12. The zero-order chi connectivity index (χ0) is 11.3. The molecule has 1 aliphatic rings. The number of rotatable bonds is 2. The van der Waals surface area contributed by atoms with E-state index < -0.39 is 0 Å². The average molecular weight is 215 g/mol. The summed E-state index contributed by atoms with van der Waals surface area (Å²) in [6.45, 7) is 2.17. The summed E-state index contributed by atoms with van der Waals surface area (Å²) < 4.78 is 2.21. The number of fused-ring (bicyclic) bond motifs is 1. The van der Waals surface area contributed by atoms with Crippen molar-refractivity contribution >= 4 is 11.3 Å². The molecular formula is C13H17N3. The van der Waals surface area contributed by atoms with Crippen LogP contribution in [0.3, 0.4) is 0 Å². The Balaban J connectivity index is 2.27. The summed E-state index contributed by atoms with van der Waals surface area (Å²) in [6.07, 6.45) is 4.72. The number of anilines is 1. The Morgan fingerprint density at radius 1 is 1.38 bits per heavy atom. The highest BCUT2D eigenvalue weighted by Crippen LogP contribution is 2.41. The average Bonchev–Trinajstić information content (AvgIpc) is 3.04. The minimum Gasteiger partial charge on any atom is -0.375 e. The van der Waals surface area contributed by atoms with Crippen molar-refractivity contribution < 1.29 is 0 Å². The van der Waals surface area contributed by atoms with Gasteiger partial charge in [-0.15, -0.1) is 0 Å². The van der Waals surface area contributed by atoms with Gasteiger partial charge in [-0.25, -0.2) is 4.98 Å². The zero-order valence-corrected chi connectivity index (χ0v) is 10.1. The molecule has 1 fully saturated rings. The molecule has 0 bridgehead atoms. The number of aromatic nitrogens is 2. The van der Waals surface area contributed by atoms with Crippen molar-refractivity contribution in [3.8, 4) is 0 Å². The van der Waals surface area contributed by atoms with Gasteiger partial charge in [-0.05, 0) is 31.9 Å². The molecule has 1 saturated carbocycles. The lowest BCUT2D eigenvalue weighted by Crippen LogP contribution is -2.10. The van der Waals surface area contributed by atoms with Crippen molar-refractivity contribution in [2.75, 3.05) is 19.0 Å². The highest BCUT2D eigenvalue weighted by atomic mass is 15.1. The van der Waals surface area contributed by atoms with Crippen LogP contribution < -0.4 is 4.90 Å². The first-order valence-corrected chi connectivity index (χ1v) is 5.83. The van der Waals surface area contributed by atoms with E-state index in [-0.39, 0.29) is 0 Å². The lowest BCUT2D eigenvalue weighted by atomic mass is 10.2. The molecule has 1 aliphatic carbocycles. The fraction of sp³-hybridized carbons (Fsp3) is 0.462. The third kappa shape index (κ3) is 1.31. The summed E-state index contributed by atoms with van der Waals surface area (Å²) in [4.78, 5) is 6.94. The van der Waals surface area contributed by atoms with Crippen LogP contribution in [0.2, 0.25) is 0 Å². The number of pyridine rings is 1. The second-order valence-electron chi connectivity index (χ2n) is 4.84. The van der Waals surface area contributed by atoms with Crippen LogP contribution in [0.25, 0.3) is 5.65 Å². The molecule has 2 aromatic heterocycles. The monoisotopic (exact) mass is 215 g/mol. The molecule has 0 aliphatic heterocycles. The normalized spacial score (nSPS) is 15.7. The van der Waals surface area contributed by atoms with Gasteiger partial charge in [0.25, 0.3) is 0 Å². The molecule has 0 N–H and O–H groups in total. The molecule has 84 valence electrons. The molecule has 0 amide bonds. The van der Waals surface area contributed by atoms with Crippen LogP contribution in [0.5, 0.6) is 0 Å². The van der Waals surface area contributed by atoms with Gasteiger partial charge in [-0.3, -0.25) is 0 Å². The maximum absolute atomic E-state index is 4.82. The Hall–Kier alpha value is -1.51. The van der Waals surface area contributed by atoms with E-state index in [4.69, 9.17) is 4.98 Å². The Kier molecular flexibility index (Phi) is 1.96. The molecule has 3 nitrogen and oxygen atoms in total. The maximum Gasteiger partial charge on any atom is 0.160 e. The summed E-state index contributed by atoms with van der Waals surface area (Å²) in [5, 5.41) is 0. The van der Waals surface area contributed by atoms with Crippen LogP contribution in [0.15, 0.2) is 18.3 Å². The smallest absolute Gasteiger partial charge is 0.160 e. The molecule has 0 aromatic carbocycles. The van der Waals surface area contributed by atoms with Gasteiger partial charge in [0.05, 0.1) is 11.4 Å². The van der Waals surface area contributed by atoms with Gasteiger partial charge in [0.2, 0.25) is 0 Å². The van der Waals surface area contributed by atoms with Gasteiger partial charge < -0.3 is 9.30 Å². The van der Waals surface area contributed by atoms with E-state index in [1.165, 1.54) is 29.9 Å². The molecule has 2 aromatic rings. The van der Waals surface area contributed by atoms with Crippen LogP contribution in [0.4, 0.5) is 5.69 Å². The predicted octanol–water partition coefficient (Wildman–Crippen LogP) is 2.59. The van der Waals surface area contributed by atoms with Gasteiger partial charge in [0.1, 0.15) is 0 Å². The van der Waals surface area contributed by atoms with Gasteiger partial charge >= 0.3 is 0 Å². The van der Waals surface area contributed by atoms with Crippen LogP contribution in [0.1, 0.15) is 30.1 Å².